The second-order valence-corrected chi connectivity index (χ2v) is 5.11. The zero-order valence-electron chi connectivity index (χ0n) is 12.4. The van der Waals surface area contributed by atoms with Crippen molar-refractivity contribution < 1.29 is 14.3 Å². The Morgan fingerprint density at radius 2 is 1.80 bits per heavy atom. The number of ketones is 1. The average molecular weight is 276 g/mol. The van der Waals surface area contributed by atoms with Crippen LogP contribution in [-0.4, -0.2) is 11.8 Å². The minimum Gasteiger partial charge on any atom is -0.460 e. The zero-order chi connectivity index (χ0) is 14.8. The number of esters is 1. The summed E-state index contributed by atoms with van der Waals surface area (Å²) >= 11 is 0. The molecule has 0 bridgehead atoms. The van der Waals surface area contributed by atoms with Gasteiger partial charge in [-0.05, 0) is 18.9 Å². The molecule has 0 aliphatic rings. The van der Waals surface area contributed by atoms with Gasteiger partial charge in [-0.15, -0.1) is 0 Å². The van der Waals surface area contributed by atoms with E-state index in [9.17, 15) is 9.59 Å². The van der Waals surface area contributed by atoms with Gasteiger partial charge in [0.1, 0.15) is 18.3 Å². The lowest BCUT2D eigenvalue weighted by Crippen LogP contribution is -2.24. The highest BCUT2D eigenvalue weighted by Crippen LogP contribution is 2.15. The summed E-state index contributed by atoms with van der Waals surface area (Å²) in [5.74, 6) is -1.09. The minimum absolute atomic E-state index is 0.0976. The molecular formula is C17H24O3. The maximum Gasteiger partial charge on any atom is 0.316 e. The van der Waals surface area contributed by atoms with Crippen molar-refractivity contribution in [3.63, 3.8) is 0 Å². The van der Waals surface area contributed by atoms with E-state index in [0.717, 1.165) is 31.2 Å². The first-order chi connectivity index (χ1) is 9.65. The number of benzene rings is 1. The Kier molecular flexibility index (Phi) is 7.63. The van der Waals surface area contributed by atoms with E-state index in [1.807, 2.05) is 30.3 Å². The molecule has 0 amide bonds. The number of ether oxygens (including phenoxy) is 1. The molecule has 0 heterocycles. The Bertz CT molecular complexity index is 412. The second-order valence-electron chi connectivity index (χ2n) is 5.11. The molecule has 0 fully saturated rings. The summed E-state index contributed by atoms with van der Waals surface area (Å²) in [6.07, 6.45) is 4.85. The fraction of sp³-hybridized carbons (Fsp3) is 0.529. The van der Waals surface area contributed by atoms with Gasteiger partial charge in [-0.3, -0.25) is 9.59 Å². The second kappa shape index (κ2) is 9.29. The van der Waals surface area contributed by atoms with Crippen LogP contribution in [0, 0.1) is 5.92 Å². The van der Waals surface area contributed by atoms with Crippen LogP contribution in [-0.2, 0) is 20.9 Å². The van der Waals surface area contributed by atoms with Gasteiger partial charge in [0.15, 0.2) is 0 Å². The van der Waals surface area contributed by atoms with Gasteiger partial charge in [0, 0.05) is 0 Å². The predicted molar refractivity (Wildman–Crippen MR) is 79.2 cm³/mol. The molecule has 0 aliphatic carbocycles. The van der Waals surface area contributed by atoms with Crippen LogP contribution in [0.4, 0.5) is 0 Å². The standard InChI is InChI=1S/C17H24O3/c1-3-4-5-9-12-16(14(2)18)17(19)20-13-15-10-7-6-8-11-15/h6-8,10-11,16H,3-5,9,12-13H2,1-2H3. The van der Waals surface area contributed by atoms with E-state index in [1.54, 1.807) is 0 Å². The maximum absolute atomic E-state index is 12.0. The Balaban J connectivity index is 2.41. The van der Waals surface area contributed by atoms with E-state index in [2.05, 4.69) is 6.92 Å². The van der Waals surface area contributed by atoms with E-state index in [-0.39, 0.29) is 12.4 Å². The van der Waals surface area contributed by atoms with Crippen molar-refractivity contribution in [1.82, 2.24) is 0 Å². The summed E-state index contributed by atoms with van der Waals surface area (Å²) in [5, 5.41) is 0. The number of Topliss-reactive ketones (excluding diaryl/α,β-unsaturated/α-hetero) is 1. The topological polar surface area (TPSA) is 43.4 Å². The highest BCUT2D eigenvalue weighted by Gasteiger charge is 2.24. The Morgan fingerprint density at radius 1 is 1.10 bits per heavy atom. The van der Waals surface area contributed by atoms with Crippen LogP contribution >= 0.6 is 0 Å². The largest absolute Gasteiger partial charge is 0.460 e. The molecule has 0 spiro atoms. The van der Waals surface area contributed by atoms with Crippen molar-refractivity contribution in [2.75, 3.05) is 0 Å². The monoisotopic (exact) mass is 276 g/mol. The van der Waals surface area contributed by atoms with E-state index < -0.39 is 11.9 Å². The first kappa shape index (κ1) is 16.4. The van der Waals surface area contributed by atoms with Gasteiger partial charge in [0.2, 0.25) is 0 Å². The van der Waals surface area contributed by atoms with E-state index >= 15 is 0 Å². The molecule has 0 aliphatic heterocycles. The maximum atomic E-state index is 12.0. The first-order valence-corrected chi connectivity index (χ1v) is 7.36. The molecule has 0 N–H and O–H groups in total. The highest BCUT2D eigenvalue weighted by atomic mass is 16.5. The van der Waals surface area contributed by atoms with Crippen molar-refractivity contribution in [2.45, 2.75) is 52.6 Å². The van der Waals surface area contributed by atoms with Gasteiger partial charge in [0.05, 0.1) is 0 Å². The summed E-state index contributed by atoms with van der Waals surface area (Å²) in [5.41, 5.74) is 0.939. The fourth-order valence-corrected chi connectivity index (χ4v) is 2.09. The molecule has 0 aromatic heterocycles. The third kappa shape index (κ3) is 6.00. The van der Waals surface area contributed by atoms with Gasteiger partial charge in [0.25, 0.3) is 0 Å². The number of hydrogen-bond acceptors (Lipinski definition) is 3. The van der Waals surface area contributed by atoms with Crippen LogP contribution in [0.25, 0.3) is 0 Å². The summed E-state index contributed by atoms with van der Waals surface area (Å²) in [7, 11) is 0. The number of carbonyl (C=O) groups is 2. The van der Waals surface area contributed by atoms with Crippen LogP contribution in [0.1, 0.15) is 51.5 Å². The molecule has 1 atom stereocenters. The molecule has 110 valence electrons. The third-order valence-electron chi connectivity index (χ3n) is 3.35. The van der Waals surface area contributed by atoms with Gasteiger partial charge in [-0.2, -0.15) is 0 Å². The molecular weight excluding hydrogens is 252 g/mol. The summed E-state index contributed by atoms with van der Waals surface area (Å²) < 4.78 is 5.25. The third-order valence-corrected chi connectivity index (χ3v) is 3.35. The van der Waals surface area contributed by atoms with Crippen molar-refractivity contribution >= 4 is 11.8 Å². The molecule has 3 nitrogen and oxygen atoms in total. The van der Waals surface area contributed by atoms with Crippen molar-refractivity contribution in [2.24, 2.45) is 5.92 Å². The van der Waals surface area contributed by atoms with Crippen molar-refractivity contribution in [3.05, 3.63) is 35.9 Å². The smallest absolute Gasteiger partial charge is 0.316 e. The fourth-order valence-electron chi connectivity index (χ4n) is 2.09. The zero-order valence-corrected chi connectivity index (χ0v) is 12.4. The Hall–Kier alpha value is -1.64. The normalized spacial score (nSPS) is 11.9. The van der Waals surface area contributed by atoms with Crippen LogP contribution in [0.2, 0.25) is 0 Å². The van der Waals surface area contributed by atoms with Crippen molar-refractivity contribution in [1.29, 1.82) is 0 Å². The van der Waals surface area contributed by atoms with Crippen LogP contribution in [0.5, 0.6) is 0 Å². The molecule has 20 heavy (non-hydrogen) atoms. The quantitative estimate of drug-likeness (QED) is 0.390. The van der Waals surface area contributed by atoms with Crippen LogP contribution in [0.3, 0.4) is 0 Å². The van der Waals surface area contributed by atoms with E-state index in [0.29, 0.717) is 6.42 Å². The molecule has 1 unspecified atom stereocenters. The van der Waals surface area contributed by atoms with E-state index in [1.165, 1.54) is 6.92 Å². The number of hydrogen-bond donors (Lipinski definition) is 0. The van der Waals surface area contributed by atoms with Gasteiger partial charge >= 0.3 is 5.97 Å². The summed E-state index contributed by atoms with van der Waals surface area (Å²) in [4.78, 5) is 23.5. The summed E-state index contributed by atoms with van der Waals surface area (Å²) in [6.45, 7) is 3.84. The minimum atomic E-state index is -0.601. The van der Waals surface area contributed by atoms with Gasteiger partial charge in [-0.25, -0.2) is 0 Å². The molecule has 1 aromatic rings. The number of unbranched alkanes of at least 4 members (excludes halogenated alkanes) is 3. The van der Waals surface area contributed by atoms with Gasteiger partial charge < -0.3 is 4.74 Å². The SMILES string of the molecule is CCCCCCC(C(C)=O)C(=O)OCc1ccccc1. The summed E-state index contributed by atoms with van der Waals surface area (Å²) in [6, 6.07) is 9.51. The number of rotatable bonds is 9. The lowest BCUT2D eigenvalue weighted by atomic mass is 9.97. The molecule has 0 radical (unpaired) electrons. The van der Waals surface area contributed by atoms with Gasteiger partial charge in [-0.1, -0.05) is 62.9 Å². The predicted octanol–water partition coefficient (Wildman–Crippen LogP) is 3.91. The van der Waals surface area contributed by atoms with E-state index in [4.69, 9.17) is 4.74 Å². The Morgan fingerprint density at radius 3 is 2.40 bits per heavy atom. The first-order valence-electron chi connectivity index (χ1n) is 7.36. The molecule has 3 heteroatoms. The number of carbonyl (C=O) groups excluding carboxylic acids is 2. The lowest BCUT2D eigenvalue weighted by Gasteiger charge is -2.13. The molecule has 0 saturated heterocycles. The van der Waals surface area contributed by atoms with Crippen LogP contribution in [0.15, 0.2) is 30.3 Å². The van der Waals surface area contributed by atoms with Crippen LogP contribution < -0.4 is 0 Å². The molecule has 1 aromatic carbocycles. The van der Waals surface area contributed by atoms with Crippen molar-refractivity contribution in [3.8, 4) is 0 Å². The average Bonchev–Trinajstić information content (AvgIpc) is 2.45. The Labute approximate surface area is 121 Å². The highest BCUT2D eigenvalue weighted by molar-refractivity contribution is 5.97. The molecule has 0 saturated carbocycles. The lowest BCUT2D eigenvalue weighted by molar-refractivity contribution is -0.153. The molecule has 1 rings (SSSR count).